The summed E-state index contributed by atoms with van der Waals surface area (Å²) in [6.45, 7) is 2.12. The lowest BCUT2D eigenvalue weighted by Crippen LogP contribution is -1.97. The number of methoxy groups -OCH3 is 1. The molecule has 0 atom stereocenters. The lowest BCUT2D eigenvalue weighted by molar-refractivity contribution is 0.275. The van der Waals surface area contributed by atoms with Gasteiger partial charge in [0, 0.05) is 17.8 Å². The monoisotopic (exact) mass is 195 g/mol. The van der Waals surface area contributed by atoms with Gasteiger partial charge in [-0.05, 0) is 12.8 Å². The van der Waals surface area contributed by atoms with Crippen molar-refractivity contribution < 1.29 is 9.84 Å². The van der Waals surface area contributed by atoms with Crippen LogP contribution in [0.1, 0.15) is 31.0 Å². The molecule has 0 fully saturated rings. The maximum absolute atomic E-state index is 8.91. The normalized spacial score (nSPS) is 10.2. The van der Waals surface area contributed by atoms with Gasteiger partial charge in [0.15, 0.2) is 0 Å². The van der Waals surface area contributed by atoms with Gasteiger partial charge in [-0.1, -0.05) is 13.3 Å². The molecule has 0 aliphatic carbocycles. The number of aliphatic hydroxyl groups excluding tert-OH is 1. The van der Waals surface area contributed by atoms with Gasteiger partial charge in [0.2, 0.25) is 0 Å². The summed E-state index contributed by atoms with van der Waals surface area (Å²) in [6.07, 6.45) is 5.07. The molecule has 0 aliphatic heterocycles. The Morgan fingerprint density at radius 1 is 1.50 bits per heavy atom. The Hall–Kier alpha value is -1.09. The number of pyridine rings is 1. The maximum Gasteiger partial charge on any atom is 0.125 e. The van der Waals surface area contributed by atoms with Gasteiger partial charge in [-0.2, -0.15) is 0 Å². The largest absolute Gasteiger partial charge is 0.496 e. The second-order valence-corrected chi connectivity index (χ2v) is 3.25. The summed E-state index contributed by atoms with van der Waals surface area (Å²) in [5.41, 5.74) is 1.77. The van der Waals surface area contributed by atoms with Crippen molar-refractivity contribution in [3.05, 3.63) is 23.5 Å². The average Bonchev–Trinajstić information content (AvgIpc) is 2.26. The summed E-state index contributed by atoms with van der Waals surface area (Å²) in [5, 5.41) is 8.91. The van der Waals surface area contributed by atoms with E-state index < -0.39 is 0 Å². The first-order valence-corrected chi connectivity index (χ1v) is 4.94. The Morgan fingerprint density at radius 3 is 2.86 bits per heavy atom. The summed E-state index contributed by atoms with van der Waals surface area (Å²) in [7, 11) is 1.64. The van der Waals surface area contributed by atoms with Gasteiger partial charge in [-0.3, -0.25) is 4.98 Å². The molecule has 1 heterocycles. The Kier molecular flexibility index (Phi) is 4.40. The Balaban J connectivity index is 2.82. The van der Waals surface area contributed by atoms with Crippen LogP contribution in [0.5, 0.6) is 5.75 Å². The molecule has 0 bridgehead atoms. The second-order valence-electron chi connectivity index (χ2n) is 3.25. The van der Waals surface area contributed by atoms with E-state index in [0.29, 0.717) is 5.69 Å². The smallest absolute Gasteiger partial charge is 0.125 e. The van der Waals surface area contributed by atoms with Crippen LogP contribution in [0.4, 0.5) is 0 Å². The number of aryl methyl sites for hydroxylation is 1. The zero-order valence-electron chi connectivity index (χ0n) is 8.79. The van der Waals surface area contributed by atoms with Crippen molar-refractivity contribution >= 4 is 0 Å². The summed E-state index contributed by atoms with van der Waals surface area (Å²) in [5.74, 6) is 0.831. The Morgan fingerprint density at radius 2 is 2.29 bits per heavy atom. The Labute approximate surface area is 84.7 Å². The van der Waals surface area contributed by atoms with Crippen LogP contribution in [-0.4, -0.2) is 17.2 Å². The maximum atomic E-state index is 8.91. The van der Waals surface area contributed by atoms with E-state index >= 15 is 0 Å². The van der Waals surface area contributed by atoms with E-state index in [1.54, 1.807) is 19.4 Å². The minimum atomic E-state index is -0.0373. The van der Waals surface area contributed by atoms with Gasteiger partial charge in [0.05, 0.1) is 19.4 Å². The van der Waals surface area contributed by atoms with E-state index in [2.05, 4.69) is 11.9 Å². The van der Waals surface area contributed by atoms with E-state index in [9.17, 15) is 0 Å². The molecular formula is C11H17NO2. The molecule has 0 aromatic carbocycles. The van der Waals surface area contributed by atoms with Gasteiger partial charge in [-0.15, -0.1) is 0 Å². The predicted molar refractivity (Wildman–Crippen MR) is 55.3 cm³/mol. The number of hydrogen-bond donors (Lipinski definition) is 1. The van der Waals surface area contributed by atoms with Crippen molar-refractivity contribution in [1.82, 2.24) is 4.98 Å². The van der Waals surface area contributed by atoms with Crippen molar-refractivity contribution in [2.24, 2.45) is 0 Å². The number of unbranched alkanes of at least 4 members (excludes halogenated alkanes) is 1. The van der Waals surface area contributed by atoms with E-state index in [-0.39, 0.29) is 6.61 Å². The van der Waals surface area contributed by atoms with Crippen molar-refractivity contribution in [1.29, 1.82) is 0 Å². The Bertz CT molecular complexity index is 287. The molecule has 3 heteroatoms. The molecule has 1 aromatic rings. The first-order valence-electron chi connectivity index (χ1n) is 4.94. The summed E-state index contributed by atoms with van der Waals surface area (Å²) >= 11 is 0. The molecule has 0 radical (unpaired) electrons. The molecule has 14 heavy (non-hydrogen) atoms. The minimum Gasteiger partial charge on any atom is -0.496 e. The molecular weight excluding hydrogens is 178 g/mol. The van der Waals surface area contributed by atoms with Crippen LogP contribution >= 0.6 is 0 Å². The average molecular weight is 195 g/mol. The van der Waals surface area contributed by atoms with Crippen molar-refractivity contribution in [2.75, 3.05) is 7.11 Å². The molecule has 0 spiro atoms. The fraction of sp³-hybridized carbons (Fsp3) is 0.545. The molecule has 0 unspecified atom stereocenters. The molecule has 1 rings (SSSR count). The number of rotatable bonds is 5. The van der Waals surface area contributed by atoms with E-state index in [1.165, 1.54) is 0 Å². The van der Waals surface area contributed by atoms with Crippen molar-refractivity contribution in [2.45, 2.75) is 32.8 Å². The third-order valence-corrected chi connectivity index (χ3v) is 2.18. The summed E-state index contributed by atoms with van der Waals surface area (Å²) in [4.78, 5) is 4.13. The highest BCUT2D eigenvalue weighted by molar-refractivity contribution is 5.33. The fourth-order valence-electron chi connectivity index (χ4n) is 1.34. The molecule has 1 aromatic heterocycles. The van der Waals surface area contributed by atoms with Gasteiger partial charge in [0.1, 0.15) is 5.75 Å². The van der Waals surface area contributed by atoms with Crippen LogP contribution in [0, 0.1) is 0 Å². The van der Waals surface area contributed by atoms with Gasteiger partial charge in [0.25, 0.3) is 0 Å². The van der Waals surface area contributed by atoms with Crippen LogP contribution in [0.2, 0.25) is 0 Å². The van der Waals surface area contributed by atoms with Gasteiger partial charge < -0.3 is 9.84 Å². The van der Waals surface area contributed by atoms with Crippen LogP contribution < -0.4 is 4.74 Å². The first-order chi connectivity index (χ1) is 6.81. The quantitative estimate of drug-likeness (QED) is 0.780. The third kappa shape index (κ3) is 2.70. The zero-order chi connectivity index (χ0) is 10.4. The number of aromatic nitrogens is 1. The predicted octanol–water partition coefficient (Wildman–Crippen LogP) is 1.93. The van der Waals surface area contributed by atoms with E-state index in [1.807, 2.05) is 0 Å². The molecule has 0 amide bonds. The fourth-order valence-corrected chi connectivity index (χ4v) is 1.34. The number of ether oxygens (including phenoxy) is 1. The number of hydrogen-bond acceptors (Lipinski definition) is 3. The summed E-state index contributed by atoms with van der Waals surface area (Å²) in [6, 6.07) is 1.80. The highest BCUT2D eigenvalue weighted by Gasteiger charge is 2.04. The standard InChI is InChI=1S/C11H17NO2/c1-3-4-5-9-7-12-10(8-13)6-11(9)14-2/h6-7,13H,3-5,8H2,1-2H3. The lowest BCUT2D eigenvalue weighted by Gasteiger charge is -2.08. The van der Waals surface area contributed by atoms with Gasteiger partial charge >= 0.3 is 0 Å². The van der Waals surface area contributed by atoms with Crippen LogP contribution in [0.3, 0.4) is 0 Å². The van der Waals surface area contributed by atoms with Crippen LogP contribution in [-0.2, 0) is 13.0 Å². The van der Waals surface area contributed by atoms with Gasteiger partial charge in [-0.25, -0.2) is 0 Å². The molecule has 78 valence electrons. The molecule has 0 aliphatic rings. The van der Waals surface area contributed by atoms with E-state index in [0.717, 1.165) is 30.6 Å². The minimum absolute atomic E-state index is 0.0373. The van der Waals surface area contributed by atoms with E-state index in [4.69, 9.17) is 9.84 Å². The number of aliphatic hydroxyl groups is 1. The van der Waals surface area contributed by atoms with Crippen LogP contribution in [0.15, 0.2) is 12.3 Å². The SMILES string of the molecule is CCCCc1cnc(CO)cc1OC. The lowest BCUT2D eigenvalue weighted by atomic mass is 10.1. The third-order valence-electron chi connectivity index (χ3n) is 2.18. The summed E-state index contributed by atoms with van der Waals surface area (Å²) < 4.78 is 5.23. The molecule has 1 N–H and O–H groups in total. The topological polar surface area (TPSA) is 42.4 Å². The zero-order valence-corrected chi connectivity index (χ0v) is 8.79. The number of nitrogens with zero attached hydrogens (tertiary/aromatic N) is 1. The molecule has 0 saturated carbocycles. The second kappa shape index (κ2) is 5.60. The highest BCUT2D eigenvalue weighted by atomic mass is 16.5. The first kappa shape index (κ1) is 11.0. The highest BCUT2D eigenvalue weighted by Crippen LogP contribution is 2.20. The van der Waals surface area contributed by atoms with Crippen molar-refractivity contribution in [3.63, 3.8) is 0 Å². The molecule has 3 nitrogen and oxygen atoms in total. The molecule has 0 saturated heterocycles. The van der Waals surface area contributed by atoms with Crippen molar-refractivity contribution in [3.8, 4) is 5.75 Å². The van der Waals surface area contributed by atoms with Crippen LogP contribution in [0.25, 0.3) is 0 Å².